The van der Waals surface area contributed by atoms with Crippen LogP contribution >= 0.6 is 0 Å². The van der Waals surface area contributed by atoms with Crippen molar-refractivity contribution in [1.82, 2.24) is 0 Å². The number of hydrogen-bond acceptors (Lipinski definition) is 6. The number of allylic oxidation sites excluding steroid dienone is 1. The van der Waals surface area contributed by atoms with Crippen LogP contribution in [-0.4, -0.2) is 38.2 Å². The van der Waals surface area contributed by atoms with Crippen molar-refractivity contribution < 1.29 is 28.6 Å². The van der Waals surface area contributed by atoms with Gasteiger partial charge in [0.15, 0.2) is 5.41 Å². The Hall–Kier alpha value is -2.63. The summed E-state index contributed by atoms with van der Waals surface area (Å²) in [6, 6.07) is 10.4. The largest absolute Gasteiger partial charge is 0.468 e. The number of benzene rings is 1. The Labute approximate surface area is 242 Å². The molecule has 0 amide bonds. The van der Waals surface area contributed by atoms with Gasteiger partial charge in [0.1, 0.15) is 6.10 Å². The number of unbranched alkanes of at least 4 members (excludes halogenated alkanes) is 5. The zero-order chi connectivity index (χ0) is 29.8. The second-order valence-electron chi connectivity index (χ2n) is 12.3. The predicted molar refractivity (Wildman–Crippen MR) is 159 cm³/mol. The smallest absolute Gasteiger partial charge is 0.330 e. The Bertz CT molecular complexity index is 950. The molecule has 6 heteroatoms. The summed E-state index contributed by atoms with van der Waals surface area (Å²) < 4.78 is 16.2. The summed E-state index contributed by atoms with van der Waals surface area (Å²) in [4.78, 5) is 39.0. The summed E-state index contributed by atoms with van der Waals surface area (Å²) in [5.74, 6) is -1.70. The van der Waals surface area contributed by atoms with Crippen LogP contribution in [0.5, 0.6) is 0 Å². The third kappa shape index (κ3) is 8.68. The molecule has 0 aromatic heterocycles. The van der Waals surface area contributed by atoms with Gasteiger partial charge in [-0.2, -0.15) is 0 Å². The molecule has 1 aliphatic rings. The Kier molecular flexibility index (Phi) is 13.4. The van der Waals surface area contributed by atoms with Crippen LogP contribution in [0.25, 0.3) is 0 Å². The number of ether oxygens (including phenoxy) is 3. The fourth-order valence-electron chi connectivity index (χ4n) is 6.28. The molecule has 4 atom stereocenters. The van der Waals surface area contributed by atoms with Gasteiger partial charge in [0, 0.05) is 17.9 Å². The molecular formula is C34H52O6. The van der Waals surface area contributed by atoms with E-state index >= 15 is 0 Å². The molecule has 1 aromatic rings. The minimum atomic E-state index is -1.55. The molecule has 0 bridgehead atoms. The highest BCUT2D eigenvalue weighted by atomic mass is 16.5. The van der Waals surface area contributed by atoms with Crippen molar-refractivity contribution in [2.45, 2.75) is 110 Å². The van der Waals surface area contributed by atoms with Crippen LogP contribution in [0, 0.1) is 23.2 Å². The lowest BCUT2D eigenvalue weighted by molar-refractivity contribution is -0.171. The fourth-order valence-corrected chi connectivity index (χ4v) is 6.28. The number of carbonyl (C=O) groups is 3. The van der Waals surface area contributed by atoms with E-state index in [9.17, 15) is 14.4 Å². The van der Waals surface area contributed by atoms with Crippen LogP contribution in [0.3, 0.4) is 0 Å². The van der Waals surface area contributed by atoms with Crippen LogP contribution in [0.1, 0.15) is 104 Å². The lowest BCUT2D eigenvalue weighted by Crippen LogP contribution is -2.44. The topological polar surface area (TPSA) is 78.9 Å². The van der Waals surface area contributed by atoms with Gasteiger partial charge in [0.25, 0.3) is 0 Å². The van der Waals surface area contributed by atoms with Gasteiger partial charge >= 0.3 is 17.9 Å². The van der Waals surface area contributed by atoms with Gasteiger partial charge < -0.3 is 14.2 Å². The van der Waals surface area contributed by atoms with Gasteiger partial charge in [0.2, 0.25) is 0 Å². The molecule has 224 valence electrons. The second kappa shape index (κ2) is 16.0. The second-order valence-corrected chi connectivity index (χ2v) is 12.3. The first kappa shape index (κ1) is 33.6. The number of rotatable bonds is 15. The molecule has 0 unspecified atom stereocenters. The Balaban J connectivity index is 2.24. The highest BCUT2D eigenvalue weighted by Crippen LogP contribution is 2.44. The molecule has 1 aromatic carbocycles. The summed E-state index contributed by atoms with van der Waals surface area (Å²) in [5.41, 5.74) is -0.483. The Morgan fingerprint density at radius 1 is 0.925 bits per heavy atom. The maximum absolute atomic E-state index is 13.2. The van der Waals surface area contributed by atoms with Gasteiger partial charge in [0.05, 0.1) is 14.2 Å². The summed E-state index contributed by atoms with van der Waals surface area (Å²) in [5, 5.41) is 0. The zero-order valence-electron chi connectivity index (χ0n) is 25.9. The molecule has 1 saturated carbocycles. The minimum Gasteiger partial charge on any atom is -0.468 e. The molecular weight excluding hydrogens is 504 g/mol. The van der Waals surface area contributed by atoms with E-state index in [1.54, 1.807) is 13.0 Å². The van der Waals surface area contributed by atoms with Crippen LogP contribution in [0.2, 0.25) is 0 Å². The first-order valence-corrected chi connectivity index (χ1v) is 15.1. The third-order valence-corrected chi connectivity index (χ3v) is 9.06. The van der Waals surface area contributed by atoms with Crippen LogP contribution in [-0.2, 0) is 34.0 Å². The molecule has 6 nitrogen and oxygen atoms in total. The first-order chi connectivity index (χ1) is 19.0. The van der Waals surface area contributed by atoms with E-state index in [4.69, 9.17) is 14.2 Å². The number of hydrogen-bond donors (Lipinski definition) is 0. The van der Waals surface area contributed by atoms with E-state index in [2.05, 4.69) is 52.0 Å². The molecule has 40 heavy (non-hydrogen) atoms. The minimum absolute atomic E-state index is 0.162. The normalized spacial score (nSPS) is 20.6. The standard InChI is InChI=1S/C34H52O6/c1-8-9-10-11-12-14-19-27(34(5,31(36)38-6)32(37)39-7)21-23-30(35)40-29-24-25(2)20-22-28(29)33(3,4)26-17-15-13-16-18-26/h13,15-18,21,23,25,27-29H,8-12,14,19-20,22,24H2,1-7H3/b23-21+/t25-,27-,28-,29-/m1/s1. The monoisotopic (exact) mass is 556 g/mol. The molecule has 0 saturated heterocycles. The van der Waals surface area contributed by atoms with Crippen molar-refractivity contribution in [3.8, 4) is 0 Å². The molecule has 0 heterocycles. The van der Waals surface area contributed by atoms with E-state index < -0.39 is 29.2 Å². The maximum Gasteiger partial charge on any atom is 0.330 e. The summed E-state index contributed by atoms with van der Waals surface area (Å²) >= 11 is 0. The number of carbonyl (C=O) groups excluding carboxylic acids is 3. The molecule has 0 N–H and O–H groups in total. The maximum atomic E-state index is 13.2. The van der Waals surface area contributed by atoms with Gasteiger partial charge in [-0.05, 0) is 43.1 Å². The number of methoxy groups -OCH3 is 2. The molecule has 2 rings (SSSR count). The SMILES string of the molecule is CCCCCCCC[C@H](/C=C/C(=O)O[C@@H]1C[C@H](C)CC[C@H]1C(C)(C)c1ccccc1)C(C)(C(=O)OC)C(=O)OC. The predicted octanol–water partition coefficient (Wildman–Crippen LogP) is 7.59. The highest BCUT2D eigenvalue weighted by Gasteiger charge is 2.49. The van der Waals surface area contributed by atoms with Gasteiger partial charge in [-0.3, -0.25) is 9.59 Å². The van der Waals surface area contributed by atoms with Crippen LogP contribution in [0.4, 0.5) is 0 Å². The first-order valence-electron chi connectivity index (χ1n) is 15.1. The van der Waals surface area contributed by atoms with Crippen molar-refractivity contribution in [1.29, 1.82) is 0 Å². The fraction of sp³-hybridized carbons (Fsp3) is 0.676. The zero-order valence-corrected chi connectivity index (χ0v) is 25.9. The quantitative estimate of drug-likeness (QED) is 0.0728. The molecule has 1 aliphatic carbocycles. The Morgan fingerprint density at radius 3 is 2.12 bits per heavy atom. The van der Waals surface area contributed by atoms with Crippen molar-refractivity contribution in [3.05, 3.63) is 48.0 Å². The lowest BCUT2D eigenvalue weighted by atomic mass is 9.64. The third-order valence-electron chi connectivity index (χ3n) is 9.06. The van der Waals surface area contributed by atoms with Gasteiger partial charge in [-0.15, -0.1) is 0 Å². The average molecular weight is 557 g/mol. The molecule has 0 spiro atoms. The molecule has 0 radical (unpaired) electrons. The van der Waals surface area contributed by atoms with E-state index in [1.165, 1.54) is 38.7 Å². The molecule has 1 fully saturated rings. The lowest BCUT2D eigenvalue weighted by Gasteiger charge is -2.43. The van der Waals surface area contributed by atoms with Crippen LogP contribution < -0.4 is 0 Å². The van der Waals surface area contributed by atoms with E-state index in [0.29, 0.717) is 12.3 Å². The summed E-state index contributed by atoms with van der Waals surface area (Å²) in [6.07, 6.45) is 12.7. The number of esters is 3. The van der Waals surface area contributed by atoms with Gasteiger partial charge in [-0.1, -0.05) is 109 Å². The van der Waals surface area contributed by atoms with Crippen molar-refractivity contribution in [2.24, 2.45) is 23.2 Å². The van der Waals surface area contributed by atoms with E-state index in [1.807, 2.05) is 6.07 Å². The summed E-state index contributed by atoms with van der Waals surface area (Å²) in [7, 11) is 2.53. The molecule has 0 aliphatic heterocycles. The van der Waals surface area contributed by atoms with Gasteiger partial charge in [-0.25, -0.2) is 4.79 Å². The van der Waals surface area contributed by atoms with Crippen LogP contribution in [0.15, 0.2) is 42.5 Å². The average Bonchev–Trinajstić information content (AvgIpc) is 2.95. The van der Waals surface area contributed by atoms with Crippen molar-refractivity contribution in [3.63, 3.8) is 0 Å². The highest BCUT2D eigenvalue weighted by molar-refractivity contribution is 6.00. The summed E-state index contributed by atoms with van der Waals surface area (Å²) in [6.45, 7) is 10.4. The van der Waals surface area contributed by atoms with E-state index in [0.717, 1.165) is 44.9 Å². The van der Waals surface area contributed by atoms with Crippen molar-refractivity contribution in [2.75, 3.05) is 14.2 Å². The van der Waals surface area contributed by atoms with Crippen molar-refractivity contribution >= 4 is 17.9 Å². The van der Waals surface area contributed by atoms with E-state index in [-0.39, 0.29) is 17.4 Å². The Morgan fingerprint density at radius 2 is 1.52 bits per heavy atom.